The number of aromatic nitrogens is 4. The number of phenolic OH excluding ortho intramolecular Hbond substituents is 1. The lowest BCUT2D eigenvalue weighted by molar-refractivity contribution is 0.130. The van der Waals surface area contributed by atoms with Crippen LogP contribution in [0.25, 0.3) is 22.4 Å². The highest BCUT2D eigenvalue weighted by atomic mass is 16.5. The summed E-state index contributed by atoms with van der Waals surface area (Å²) in [6.45, 7) is 1.95. The van der Waals surface area contributed by atoms with Gasteiger partial charge in [-0.1, -0.05) is 6.07 Å². The smallest absolute Gasteiger partial charge is 0.233 e. The van der Waals surface area contributed by atoms with Gasteiger partial charge in [0.25, 0.3) is 0 Å². The van der Waals surface area contributed by atoms with Gasteiger partial charge in [-0.05, 0) is 56.4 Å². The molecule has 2 bridgehead atoms. The van der Waals surface area contributed by atoms with Crippen LogP contribution in [-0.2, 0) is 0 Å². The molecule has 0 spiro atoms. The summed E-state index contributed by atoms with van der Waals surface area (Å²) in [5.74, 6) is 0.705. The standard InChI is InChI=1S/C21H23N5O2/c1-12-18(11-22-24-12)13-2-5-17(20(27)8-13)19-6-7-21(26-25-19)28-16-9-14-3-4-15(10-16)23-14/h2,5-8,11,14-16,23,27H,3-4,9-10H2,1H3,(H,22,24)/t14-,15?,16?/m1/s1. The Morgan fingerprint density at radius 1 is 1.04 bits per heavy atom. The highest BCUT2D eigenvalue weighted by Crippen LogP contribution is 2.34. The molecule has 2 aromatic heterocycles. The van der Waals surface area contributed by atoms with Gasteiger partial charge >= 0.3 is 0 Å². The lowest BCUT2D eigenvalue weighted by atomic mass is 10.0. The van der Waals surface area contributed by atoms with Crippen molar-refractivity contribution < 1.29 is 9.84 Å². The Morgan fingerprint density at radius 2 is 1.86 bits per heavy atom. The fraction of sp³-hybridized carbons (Fsp3) is 0.381. The summed E-state index contributed by atoms with van der Waals surface area (Å²) in [4.78, 5) is 0. The molecule has 2 aliphatic rings. The summed E-state index contributed by atoms with van der Waals surface area (Å²) >= 11 is 0. The first-order chi connectivity index (χ1) is 13.7. The number of phenols is 1. The fourth-order valence-electron chi connectivity index (χ4n) is 4.36. The molecular weight excluding hydrogens is 354 g/mol. The minimum Gasteiger partial charge on any atom is -0.507 e. The number of hydrogen-bond acceptors (Lipinski definition) is 6. The van der Waals surface area contributed by atoms with Crippen molar-refractivity contribution >= 4 is 0 Å². The summed E-state index contributed by atoms with van der Waals surface area (Å²) in [5.41, 5.74) is 4.09. The Morgan fingerprint density at radius 3 is 2.50 bits per heavy atom. The molecule has 3 N–H and O–H groups in total. The molecule has 2 saturated heterocycles. The monoisotopic (exact) mass is 377 g/mol. The topological polar surface area (TPSA) is 96.0 Å². The zero-order chi connectivity index (χ0) is 19.1. The van der Waals surface area contributed by atoms with Crippen molar-refractivity contribution in [2.75, 3.05) is 0 Å². The van der Waals surface area contributed by atoms with E-state index in [1.54, 1.807) is 12.3 Å². The predicted molar refractivity (Wildman–Crippen MR) is 105 cm³/mol. The molecule has 4 heterocycles. The molecule has 2 fully saturated rings. The number of ether oxygens (including phenoxy) is 1. The molecule has 0 saturated carbocycles. The third kappa shape index (κ3) is 3.22. The molecule has 3 atom stereocenters. The van der Waals surface area contributed by atoms with Gasteiger partial charge in [0, 0.05) is 35.0 Å². The number of piperidine rings is 1. The number of H-pyrrole nitrogens is 1. The van der Waals surface area contributed by atoms with Crippen LogP contribution in [0.4, 0.5) is 0 Å². The molecule has 0 amide bonds. The van der Waals surface area contributed by atoms with Gasteiger partial charge in [0.05, 0.1) is 11.9 Å². The third-order valence-electron chi connectivity index (χ3n) is 5.77. The highest BCUT2D eigenvalue weighted by Gasteiger charge is 2.34. The second kappa shape index (κ2) is 6.91. The van der Waals surface area contributed by atoms with Gasteiger partial charge in [0.1, 0.15) is 11.9 Å². The second-order valence-electron chi connectivity index (χ2n) is 7.75. The first kappa shape index (κ1) is 17.2. The Labute approximate surface area is 163 Å². The number of aryl methyl sites for hydroxylation is 1. The average molecular weight is 377 g/mol. The Balaban J connectivity index is 1.32. The molecule has 0 radical (unpaired) electrons. The molecule has 5 rings (SSSR count). The number of aromatic hydroxyl groups is 1. The number of fused-ring (bicyclic) bond motifs is 2. The van der Waals surface area contributed by atoms with Gasteiger partial charge in [0.2, 0.25) is 5.88 Å². The van der Waals surface area contributed by atoms with Crippen molar-refractivity contribution in [3.8, 4) is 34.0 Å². The van der Waals surface area contributed by atoms with Crippen LogP contribution in [0.3, 0.4) is 0 Å². The van der Waals surface area contributed by atoms with Gasteiger partial charge in [-0.25, -0.2) is 0 Å². The summed E-state index contributed by atoms with van der Waals surface area (Å²) in [6, 6.07) is 10.4. The van der Waals surface area contributed by atoms with E-state index in [1.807, 2.05) is 31.2 Å². The van der Waals surface area contributed by atoms with E-state index in [2.05, 4.69) is 25.7 Å². The second-order valence-corrected chi connectivity index (χ2v) is 7.75. The number of nitrogens with zero attached hydrogens (tertiary/aromatic N) is 3. The molecule has 2 aliphatic heterocycles. The Bertz CT molecular complexity index is 973. The van der Waals surface area contributed by atoms with Crippen molar-refractivity contribution in [2.24, 2.45) is 0 Å². The number of nitrogens with one attached hydrogen (secondary N) is 2. The largest absolute Gasteiger partial charge is 0.507 e. The van der Waals surface area contributed by atoms with Crippen LogP contribution < -0.4 is 10.1 Å². The van der Waals surface area contributed by atoms with Crippen LogP contribution in [0.1, 0.15) is 31.4 Å². The van der Waals surface area contributed by atoms with Crippen LogP contribution in [0.2, 0.25) is 0 Å². The normalized spacial score (nSPS) is 23.7. The summed E-state index contributed by atoms with van der Waals surface area (Å²) < 4.78 is 6.05. The molecule has 3 aromatic rings. The Hall–Kier alpha value is -2.93. The maximum absolute atomic E-state index is 10.5. The van der Waals surface area contributed by atoms with E-state index in [9.17, 15) is 5.11 Å². The van der Waals surface area contributed by atoms with Crippen molar-refractivity contribution in [3.05, 3.63) is 42.2 Å². The van der Waals surface area contributed by atoms with Crippen LogP contribution in [0.15, 0.2) is 36.5 Å². The molecule has 2 unspecified atom stereocenters. The summed E-state index contributed by atoms with van der Waals surface area (Å²) in [6.07, 6.45) is 6.48. The van der Waals surface area contributed by atoms with Gasteiger partial charge in [-0.2, -0.15) is 5.10 Å². The van der Waals surface area contributed by atoms with Crippen molar-refractivity contribution in [2.45, 2.75) is 50.8 Å². The molecule has 1 aromatic carbocycles. The first-order valence-corrected chi connectivity index (χ1v) is 9.76. The maximum atomic E-state index is 10.5. The molecule has 28 heavy (non-hydrogen) atoms. The average Bonchev–Trinajstić information content (AvgIpc) is 3.27. The number of rotatable bonds is 4. The van der Waals surface area contributed by atoms with E-state index >= 15 is 0 Å². The number of benzene rings is 1. The molecule has 7 nitrogen and oxygen atoms in total. The lowest BCUT2D eigenvalue weighted by Crippen LogP contribution is -2.42. The maximum Gasteiger partial charge on any atom is 0.233 e. The van der Waals surface area contributed by atoms with Crippen LogP contribution in [0.5, 0.6) is 11.6 Å². The third-order valence-corrected chi connectivity index (χ3v) is 5.77. The SMILES string of the molecule is Cc1[nH]ncc1-c1ccc(-c2ccc(OC3CC4CC[C@H](C3)N4)nn2)c(O)c1. The van der Waals surface area contributed by atoms with E-state index in [0.717, 1.165) is 29.7 Å². The van der Waals surface area contributed by atoms with E-state index in [0.29, 0.717) is 29.2 Å². The lowest BCUT2D eigenvalue weighted by Gasteiger charge is -2.28. The van der Waals surface area contributed by atoms with Crippen molar-refractivity contribution in [1.82, 2.24) is 25.7 Å². The van der Waals surface area contributed by atoms with E-state index in [-0.39, 0.29) is 11.9 Å². The van der Waals surface area contributed by atoms with Gasteiger partial charge in [-0.15, -0.1) is 10.2 Å². The summed E-state index contributed by atoms with van der Waals surface area (Å²) in [5, 5.41) is 29.5. The van der Waals surface area contributed by atoms with Crippen LogP contribution >= 0.6 is 0 Å². The minimum absolute atomic E-state index is 0.163. The van der Waals surface area contributed by atoms with Crippen LogP contribution in [-0.4, -0.2) is 43.7 Å². The highest BCUT2D eigenvalue weighted by molar-refractivity contribution is 5.74. The van der Waals surface area contributed by atoms with Crippen molar-refractivity contribution in [1.29, 1.82) is 0 Å². The number of hydrogen-bond donors (Lipinski definition) is 3. The van der Waals surface area contributed by atoms with Gasteiger partial charge in [0.15, 0.2) is 0 Å². The predicted octanol–water partition coefficient (Wildman–Crippen LogP) is 3.21. The zero-order valence-electron chi connectivity index (χ0n) is 15.7. The van der Waals surface area contributed by atoms with E-state index in [4.69, 9.17) is 4.74 Å². The zero-order valence-corrected chi connectivity index (χ0v) is 15.7. The molecule has 7 heteroatoms. The van der Waals surface area contributed by atoms with E-state index in [1.165, 1.54) is 12.8 Å². The minimum atomic E-state index is 0.163. The summed E-state index contributed by atoms with van der Waals surface area (Å²) in [7, 11) is 0. The van der Waals surface area contributed by atoms with E-state index < -0.39 is 0 Å². The number of aromatic amines is 1. The van der Waals surface area contributed by atoms with Gasteiger partial charge < -0.3 is 15.2 Å². The Kier molecular flexibility index (Phi) is 4.24. The van der Waals surface area contributed by atoms with Crippen LogP contribution in [0, 0.1) is 6.92 Å². The molecular formula is C21H23N5O2. The molecule has 0 aliphatic carbocycles. The first-order valence-electron chi connectivity index (χ1n) is 9.76. The quantitative estimate of drug-likeness (QED) is 0.646. The van der Waals surface area contributed by atoms with Crippen molar-refractivity contribution in [3.63, 3.8) is 0 Å². The van der Waals surface area contributed by atoms with Gasteiger partial charge in [-0.3, -0.25) is 5.10 Å². The molecule has 144 valence electrons. The fourth-order valence-corrected chi connectivity index (χ4v) is 4.36.